The SMILES string of the molecule is CNC(c1ccc2c(c1)CCCO2)C(C)C(C)C. The van der Waals surface area contributed by atoms with Crippen LogP contribution in [0.5, 0.6) is 5.75 Å². The number of rotatable bonds is 4. The maximum atomic E-state index is 5.68. The zero-order chi connectivity index (χ0) is 13.1. The van der Waals surface area contributed by atoms with Gasteiger partial charge in [0, 0.05) is 6.04 Å². The van der Waals surface area contributed by atoms with Crippen LogP contribution in [0.1, 0.15) is 44.4 Å². The van der Waals surface area contributed by atoms with Crippen molar-refractivity contribution in [3.63, 3.8) is 0 Å². The summed E-state index contributed by atoms with van der Waals surface area (Å²) < 4.78 is 5.68. The average molecular weight is 247 g/mol. The molecule has 2 unspecified atom stereocenters. The summed E-state index contributed by atoms with van der Waals surface area (Å²) in [6.45, 7) is 7.76. The highest BCUT2D eigenvalue weighted by molar-refractivity contribution is 5.39. The molecule has 0 bridgehead atoms. The molecule has 2 atom stereocenters. The van der Waals surface area contributed by atoms with Crippen molar-refractivity contribution in [3.05, 3.63) is 29.3 Å². The second-order valence-electron chi connectivity index (χ2n) is 5.69. The molecule has 2 nitrogen and oxygen atoms in total. The van der Waals surface area contributed by atoms with Gasteiger partial charge in [-0.2, -0.15) is 0 Å². The molecule has 100 valence electrons. The number of hydrogen-bond acceptors (Lipinski definition) is 2. The van der Waals surface area contributed by atoms with E-state index < -0.39 is 0 Å². The zero-order valence-electron chi connectivity index (χ0n) is 12.0. The predicted octanol–water partition coefficient (Wildman–Crippen LogP) is 3.56. The molecule has 0 aliphatic carbocycles. The lowest BCUT2D eigenvalue weighted by Crippen LogP contribution is -2.27. The lowest BCUT2D eigenvalue weighted by Gasteiger charge is -2.28. The van der Waals surface area contributed by atoms with E-state index in [9.17, 15) is 0 Å². The molecule has 1 heterocycles. The van der Waals surface area contributed by atoms with E-state index in [0.717, 1.165) is 25.2 Å². The first kappa shape index (κ1) is 13.4. The molecule has 0 fully saturated rings. The first-order valence-corrected chi connectivity index (χ1v) is 7.06. The van der Waals surface area contributed by atoms with Gasteiger partial charge in [0.1, 0.15) is 5.75 Å². The number of fused-ring (bicyclic) bond motifs is 1. The van der Waals surface area contributed by atoms with E-state index >= 15 is 0 Å². The largest absolute Gasteiger partial charge is 0.493 e. The molecule has 1 N–H and O–H groups in total. The Hall–Kier alpha value is -1.02. The number of aryl methyl sites for hydroxylation is 1. The van der Waals surface area contributed by atoms with Gasteiger partial charge in [-0.25, -0.2) is 0 Å². The van der Waals surface area contributed by atoms with E-state index in [2.05, 4.69) is 51.3 Å². The van der Waals surface area contributed by atoms with Gasteiger partial charge in [-0.3, -0.25) is 0 Å². The van der Waals surface area contributed by atoms with Crippen molar-refractivity contribution in [2.75, 3.05) is 13.7 Å². The summed E-state index contributed by atoms with van der Waals surface area (Å²) >= 11 is 0. The standard InChI is InChI=1S/C16H25NO/c1-11(2)12(3)16(17-4)14-7-8-15-13(10-14)6-5-9-18-15/h7-8,10-12,16-17H,5-6,9H2,1-4H3. The van der Waals surface area contributed by atoms with E-state index in [1.165, 1.54) is 11.1 Å². The topological polar surface area (TPSA) is 21.3 Å². The Morgan fingerprint density at radius 2 is 2.00 bits per heavy atom. The molecule has 0 saturated carbocycles. The third-order valence-corrected chi connectivity index (χ3v) is 4.18. The molecule has 1 aromatic carbocycles. The fraction of sp³-hybridized carbons (Fsp3) is 0.625. The maximum Gasteiger partial charge on any atom is 0.122 e. The van der Waals surface area contributed by atoms with Crippen LogP contribution >= 0.6 is 0 Å². The minimum Gasteiger partial charge on any atom is -0.493 e. The van der Waals surface area contributed by atoms with Crippen molar-refractivity contribution in [2.24, 2.45) is 11.8 Å². The molecular weight excluding hydrogens is 222 g/mol. The fourth-order valence-corrected chi connectivity index (χ4v) is 2.69. The molecule has 18 heavy (non-hydrogen) atoms. The first-order valence-electron chi connectivity index (χ1n) is 7.06. The minimum absolute atomic E-state index is 0.428. The maximum absolute atomic E-state index is 5.68. The van der Waals surface area contributed by atoms with Crippen LogP contribution in [0.3, 0.4) is 0 Å². The molecule has 2 heteroatoms. The van der Waals surface area contributed by atoms with Crippen LogP contribution in [0.4, 0.5) is 0 Å². The third kappa shape index (κ3) is 2.69. The van der Waals surface area contributed by atoms with Crippen molar-refractivity contribution < 1.29 is 4.74 Å². The van der Waals surface area contributed by atoms with Crippen LogP contribution in [0, 0.1) is 11.8 Å². The summed E-state index contributed by atoms with van der Waals surface area (Å²) in [5.41, 5.74) is 2.76. The summed E-state index contributed by atoms with van der Waals surface area (Å²) in [4.78, 5) is 0. The van der Waals surface area contributed by atoms with Crippen LogP contribution in [0.15, 0.2) is 18.2 Å². The van der Waals surface area contributed by atoms with Gasteiger partial charge in [-0.15, -0.1) is 0 Å². The van der Waals surface area contributed by atoms with Crippen LogP contribution in [0.25, 0.3) is 0 Å². The molecule has 0 spiro atoms. The monoisotopic (exact) mass is 247 g/mol. The summed E-state index contributed by atoms with van der Waals surface area (Å²) in [6.07, 6.45) is 2.29. The van der Waals surface area contributed by atoms with Crippen LogP contribution in [-0.2, 0) is 6.42 Å². The van der Waals surface area contributed by atoms with Crippen LogP contribution in [-0.4, -0.2) is 13.7 Å². The summed E-state index contributed by atoms with van der Waals surface area (Å²) in [6, 6.07) is 7.11. The molecule has 0 radical (unpaired) electrons. The molecule has 1 aliphatic rings. The van der Waals surface area contributed by atoms with Gasteiger partial charge in [0.05, 0.1) is 6.61 Å². The van der Waals surface area contributed by atoms with Crippen LogP contribution in [0.2, 0.25) is 0 Å². The van der Waals surface area contributed by atoms with Gasteiger partial charge >= 0.3 is 0 Å². The average Bonchev–Trinajstić information content (AvgIpc) is 2.39. The van der Waals surface area contributed by atoms with Crippen molar-refractivity contribution in [3.8, 4) is 5.75 Å². The Balaban J connectivity index is 2.26. The minimum atomic E-state index is 0.428. The van der Waals surface area contributed by atoms with Crippen molar-refractivity contribution >= 4 is 0 Å². The molecule has 0 saturated heterocycles. The lowest BCUT2D eigenvalue weighted by atomic mass is 9.85. The third-order valence-electron chi connectivity index (χ3n) is 4.18. The van der Waals surface area contributed by atoms with Gasteiger partial charge in [-0.05, 0) is 48.9 Å². The Morgan fingerprint density at radius 3 is 2.67 bits per heavy atom. The van der Waals surface area contributed by atoms with Gasteiger partial charge in [-0.1, -0.05) is 32.9 Å². The van der Waals surface area contributed by atoms with E-state index in [-0.39, 0.29) is 0 Å². The highest BCUT2D eigenvalue weighted by Gasteiger charge is 2.22. The zero-order valence-corrected chi connectivity index (χ0v) is 12.0. The molecule has 0 aromatic heterocycles. The van der Waals surface area contributed by atoms with Gasteiger partial charge in [0.15, 0.2) is 0 Å². The highest BCUT2D eigenvalue weighted by Crippen LogP contribution is 2.32. The number of nitrogens with one attached hydrogen (secondary N) is 1. The normalized spacial score (nSPS) is 18.1. The van der Waals surface area contributed by atoms with Gasteiger partial charge in [0.25, 0.3) is 0 Å². The fourth-order valence-electron chi connectivity index (χ4n) is 2.69. The quantitative estimate of drug-likeness (QED) is 0.878. The lowest BCUT2D eigenvalue weighted by molar-refractivity contribution is 0.286. The van der Waals surface area contributed by atoms with E-state index in [1.54, 1.807) is 0 Å². The first-order chi connectivity index (χ1) is 8.63. The number of hydrogen-bond donors (Lipinski definition) is 1. The Labute approximate surface area is 111 Å². The van der Waals surface area contributed by atoms with Gasteiger partial charge < -0.3 is 10.1 Å². The summed E-state index contributed by atoms with van der Waals surface area (Å²) in [5, 5.41) is 3.47. The Kier molecular flexibility index (Phi) is 4.28. The second kappa shape index (κ2) is 5.75. The van der Waals surface area contributed by atoms with Crippen molar-refractivity contribution in [1.82, 2.24) is 5.32 Å². The smallest absolute Gasteiger partial charge is 0.122 e. The van der Waals surface area contributed by atoms with Crippen LogP contribution < -0.4 is 10.1 Å². The van der Waals surface area contributed by atoms with E-state index in [1.807, 2.05) is 0 Å². The second-order valence-corrected chi connectivity index (χ2v) is 5.69. The number of ether oxygens (including phenoxy) is 1. The number of benzene rings is 1. The molecular formula is C16H25NO. The van der Waals surface area contributed by atoms with Crippen molar-refractivity contribution in [2.45, 2.75) is 39.7 Å². The van der Waals surface area contributed by atoms with Gasteiger partial charge in [0.2, 0.25) is 0 Å². The summed E-state index contributed by atoms with van der Waals surface area (Å²) in [5.74, 6) is 2.38. The van der Waals surface area contributed by atoms with E-state index in [0.29, 0.717) is 17.9 Å². The molecule has 0 amide bonds. The van der Waals surface area contributed by atoms with Crippen molar-refractivity contribution in [1.29, 1.82) is 0 Å². The Bertz CT molecular complexity index is 400. The van der Waals surface area contributed by atoms with E-state index in [4.69, 9.17) is 4.74 Å². The highest BCUT2D eigenvalue weighted by atomic mass is 16.5. The molecule has 1 aromatic rings. The molecule has 1 aliphatic heterocycles. The summed E-state index contributed by atoms with van der Waals surface area (Å²) in [7, 11) is 2.06. The molecule has 2 rings (SSSR count). The predicted molar refractivity (Wildman–Crippen MR) is 76.1 cm³/mol. The Morgan fingerprint density at radius 1 is 1.22 bits per heavy atom.